The van der Waals surface area contributed by atoms with Crippen LogP contribution in [0.4, 0.5) is 0 Å². The van der Waals surface area contributed by atoms with E-state index in [-0.39, 0.29) is 5.97 Å². The molecule has 0 saturated heterocycles. The summed E-state index contributed by atoms with van der Waals surface area (Å²) in [5, 5.41) is 0.935. The molecule has 0 unspecified atom stereocenters. The number of hydrogen-bond acceptors (Lipinski definition) is 2. The Labute approximate surface area is 115 Å². The summed E-state index contributed by atoms with van der Waals surface area (Å²) in [7, 11) is 1.36. The molecule has 4 heteroatoms. The topological polar surface area (TPSA) is 26.3 Å². The van der Waals surface area contributed by atoms with Gasteiger partial charge in [0.2, 0.25) is 0 Å². The van der Waals surface area contributed by atoms with E-state index in [4.69, 9.17) is 27.9 Å². The van der Waals surface area contributed by atoms with Crippen LogP contribution in [0.5, 0.6) is 0 Å². The third-order valence-electron chi connectivity index (χ3n) is 2.56. The third kappa shape index (κ3) is 2.50. The highest BCUT2D eigenvalue weighted by molar-refractivity contribution is 6.42. The van der Waals surface area contributed by atoms with Gasteiger partial charge in [-0.15, -0.1) is 0 Å². The zero-order chi connectivity index (χ0) is 13.1. The summed E-state index contributed by atoms with van der Waals surface area (Å²) in [6, 6.07) is 12.4. The van der Waals surface area contributed by atoms with Crippen LogP contribution in [0.25, 0.3) is 11.1 Å². The molecule has 2 aromatic rings. The summed E-state index contributed by atoms with van der Waals surface area (Å²) in [4.78, 5) is 11.7. The van der Waals surface area contributed by atoms with E-state index >= 15 is 0 Å². The minimum atomic E-state index is -0.378. The van der Waals surface area contributed by atoms with Crippen LogP contribution in [-0.2, 0) is 4.74 Å². The third-order valence-corrected chi connectivity index (χ3v) is 3.30. The Morgan fingerprint density at radius 3 is 2.44 bits per heavy atom. The Kier molecular flexibility index (Phi) is 3.90. The van der Waals surface area contributed by atoms with Gasteiger partial charge in [0.15, 0.2) is 0 Å². The molecule has 0 radical (unpaired) electrons. The first-order valence-electron chi connectivity index (χ1n) is 5.26. The van der Waals surface area contributed by atoms with E-state index in [9.17, 15) is 4.79 Å². The predicted octanol–water partition coefficient (Wildman–Crippen LogP) is 4.45. The number of rotatable bonds is 2. The average molecular weight is 281 g/mol. The Balaban J connectivity index is 2.56. The van der Waals surface area contributed by atoms with Crippen LogP contribution in [0.15, 0.2) is 42.5 Å². The fourth-order valence-corrected chi connectivity index (χ4v) is 1.98. The van der Waals surface area contributed by atoms with Crippen LogP contribution in [-0.4, -0.2) is 13.1 Å². The first-order valence-corrected chi connectivity index (χ1v) is 6.02. The summed E-state index contributed by atoms with van der Waals surface area (Å²) in [5.74, 6) is -0.378. The molecule has 2 rings (SSSR count). The van der Waals surface area contributed by atoms with Gasteiger partial charge in [0, 0.05) is 0 Å². The van der Waals surface area contributed by atoms with E-state index < -0.39 is 0 Å². The van der Waals surface area contributed by atoms with E-state index in [1.165, 1.54) is 7.11 Å². The molecule has 0 atom stereocenters. The number of ether oxygens (including phenoxy) is 1. The lowest BCUT2D eigenvalue weighted by Gasteiger charge is -2.08. The zero-order valence-electron chi connectivity index (χ0n) is 9.61. The van der Waals surface area contributed by atoms with Gasteiger partial charge < -0.3 is 4.74 Å². The molecule has 0 spiro atoms. The standard InChI is InChI=1S/C14H10Cl2O2/c1-18-14(17)11-5-3-2-4-10(11)9-6-7-12(15)13(16)8-9/h2-8H,1H3. The van der Waals surface area contributed by atoms with Crippen molar-refractivity contribution in [2.75, 3.05) is 7.11 Å². The van der Waals surface area contributed by atoms with Crippen LogP contribution in [0, 0.1) is 0 Å². The Morgan fingerprint density at radius 1 is 1.06 bits per heavy atom. The van der Waals surface area contributed by atoms with E-state index in [0.717, 1.165) is 11.1 Å². The summed E-state index contributed by atoms with van der Waals surface area (Å²) in [6.07, 6.45) is 0. The number of benzene rings is 2. The first kappa shape index (κ1) is 12.9. The van der Waals surface area contributed by atoms with Gasteiger partial charge >= 0.3 is 5.97 Å². The minimum Gasteiger partial charge on any atom is -0.465 e. The van der Waals surface area contributed by atoms with Crippen molar-refractivity contribution in [2.24, 2.45) is 0 Å². The molecule has 0 aliphatic heterocycles. The van der Waals surface area contributed by atoms with Crippen LogP contribution in [0.3, 0.4) is 0 Å². The number of carbonyl (C=O) groups excluding carboxylic acids is 1. The second-order valence-corrected chi connectivity index (χ2v) is 4.48. The van der Waals surface area contributed by atoms with Gasteiger partial charge in [-0.2, -0.15) is 0 Å². The second-order valence-electron chi connectivity index (χ2n) is 3.67. The van der Waals surface area contributed by atoms with E-state index in [1.54, 1.807) is 24.3 Å². The quantitative estimate of drug-likeness (QED) is 0.760. The van der Waals surface area contributed by atoms with Crippen LogP contribution in [0.2, 0.25) is 10.0 Å². The molecule has 0 amide bonds. The first-order chi connectivity index (χ1) is 8.63. The van der Waals surface area contributed by atoms with Gasteiger partial charge in [0.25, 0.3) is 0 Å². The smallest absolute Gasteiger partial charge is 0.338 e. The number of esters is 1. The summed E-state index contributed by atoms with van der Waals surface area (Å²) in [6.45, 7) is 0. The van der Waals surface area contributed by atoms with Gasteiger partial charge in [-0.3, -0.25) is 0 Å². The molecule has 0 aliphatic carbocycles. The summed E-state index contributed by atoms with van der Waals surface area (Å²) >= 11 is 11.9. The Hall–Kier alpha value is -1.51. The van der Waals surface area contributed by atoms with Crippen molar-refractivity contribution in [2.45, 2.75) is 0 Å². The predicted molar refractivity (Wildman–Crippen MR) is 73.2 cm³/mol. The molecule has 0 N–H and O–H groups in total. The average Bonchev–Trinajstić information content (AvgIpc) is 2.41. The molecule has 0 aliphatic rings. The van der Waals surface area contributed by atoms with Crippen molar-refractivity contribution in [3.05, 3.63) is 58.1 Å². The van der Waals surface area contributed by atoms with Crippen LogP contribution in [0.1, 0.15) is 10.4 Å². The molecule has 2 nitrogen and oxygen atoms in total. The zero-order valence-corrected chi connectivity index (χ0v) is 11.1. The van der Waals surface area contributed by atoms with E-state index in [2.05, 4.69) is 0 Å². The van der Waals surface area contributed by atoms with Crippen molar-refractivity contribution in [3.63, 3.8) is 0 Å². The molecule has 0 bridgehead atoms. The lowest BCUT2D eigenvalue weighted by Crippen LogP contribution is -2.03. The van der Waals surface area contributed by atoms with Gasteiger partial charge in [-0.1, -0.05) is 47.5 Å². The largest absolute Gasteiger partial charge is 0.465 e. The summed E-state index contributed by atoms with van der Waals surface area (Å²) < 4.78 is 4.75. The maximum atomic E-state index is 11.7. The highest BCUT2D eigenvalue weighted by Gasteiger charge is 2.13. The fraction of sp³-hybridized carbons (Fsp3) is 0.0714. The Bertz CT molecular complexity index is 594. The van der Waals surface area contributed by atoms with Crippen LogP contribution < -0.4 is 0 Å². The Morgan fingerprint density at radius 2 is 1.78 bits per heavy atom. The molecule has 0 heterocycles. The lowest BCUT2D eigenvalue weighted by atomic mass is 10.00. The van der Waals surface area contributed by atoms with E-state index in [1.807, 2.05) is 18.2 Å². The van der Waals surface area contributed by atoms with Crippen molar-refractivity contribution in [1.82, 2.24) is 0 Å². The van der Waals surface area contributed by atoms with Crippen molar-refractivity contribution in [1.29, 1.82) is 0 Å². The molecule has 0 aromatic heterocycles. The molecule has 18 heavy (non-hydrogen) atoms. The van der Waals surface area contributed by atoms with Crippen molar-refractivity contribution < 1.29 is 9.53 Å². The van der Waals surface area contributed by atoms with Gasteiger partial charge in [-0.05, 0) is 29.3 Å². The highest BCUT2D eigenvalue weighted by atomic mass is 35.5. The molecular formula is C14H10Cl2O2. The molecule has 2 aromatic carbocycles. The second kappa shape index (κ2) is 5.42. The fourth-order valence-electron chi connectivity index (χ4n) is 1.69. The number of hydrogen-bond donors (Lipinski definition) is 0. The molecular weight excluding hydrogens is 271 g/mol. The highest BCUT2D eigenvalue weighted by Crippen LogP contribution is 2.30. The van der Waals surface area contributed by atoms with E-state index in [0.29, 0.717) is 15.6 Å². The van der Waals surface area contributed by atoms with Gasteiger partial charge in [0.05, 0.1) is 22.7 Å². The van der Waals surface area contributed by atoms with Crippen LogP contribution >= 0.6 is 23.2 Å². The maximum absolute atomic E-state index is 11.7. The monoisotopic (exact) mass is 280 g/mol. The number of halogens is 2. The molecule has 0 saturated carbocycles. The number of carbonyl (C=O) groups is 1. The number of methoxy groups -OCH3 is 1. The van der Waals surface area contributed by atoms with Crippen molar-refractivity contribution >= 4 is 29.2 Å². The van der Waals surface area contributed by atoms with Gasteiger partial charge in [-0.25, -0.2) is 4.79 Å². The molecule has 0 fully saturated rings. The lowest BCUT2D eigenvalue weighted by molar-refractivity contribution is 0.0601. The summed E-state index contributed by atoms with van der Waals surface area (Å²) in [5.41, 5.74) is 2.09. The minimum absolute atomic E-state index is 0.378. The van der Waals surface area contributed by atoms with Crippen molar-refractivity contribution in [3.8, 4) is 11.1 Å². The molecule has 92 valence electrons. The SMILES string of the molecule is COC(=O)c1ccccc1-c1ccc(Cl)c(Cl)c1. The maximum Gasteiger partial charge on any atom is 0.338 e. The van der Waals surface area contributed by atoms with Gasteiger partial charge in [0.1, 0.15) is 0 Å². The normalized spacial score (nSPS) is 10.2.